The molecule has 1 saturated heterocycles. The van der Waals surface area contributed by atoms with Gasteiger partial charge in [0.05, 0.1) is 0 Å². The zero-order chi connectivity index (χ0) is 8.27. The van der Waals surface area contributed by atoms with Crippen molar-refractivity contribution in [3.63, 3.8) is 0 Å². The largest absolute Gasteiger partial charge is 0.298 e. The Bertz CT molecular complexity index is 134. The summed E-state index contributed by atoms with van der Waals surface area (Å²) in [6.45, 7) is 7.93. The minimum atomic E-state index is 0.702. The van der Waals surface area contributed by atoms with E-state index in [1.807, 2.05) is 0 Å². The molecule has 0 bridgehead atoms. The summed E-state index contributed by atoms with van der Waals surface area (Å²) in [6, 6.07) is 0. The Morgan fingerprint density at radius 1 is 1.55 bits per heavy atom. The van der Waals surface area contributed by atoms with Crippen LogP contribution in [-0.2, 0) is 0 Å². The number of likely N-dealkylation sites (tertiary alicyclic amines) is 1. The smallest absolute Gasteiger partial charge is 0.0311 e. The van der Waals surface area contributed by atoms with E-state index in [9.17, 15) is 0 Å². The Morgan fingerprint density at radius 2 is 2.27 bits per heavy atom. The minimum Gasteiger partial charge on any atom is -0.298 e. The number of halogens is 1. The number of hydrogen-bond acceptors (Lipinski definition) is 1. The molecular weight excluding hydrogens is 202 g/mol. The number of rotatable bonds is 2. The van der Waals surface area contributed by atoms with Crippen molar-refractivity contribution in [2.45, 2.75) is 18.7 Å². The van der Waals surface area contributed by atoms with Crippen LogP contribution in [0.25, 0.3) is 0 Å². The molecule has 11 heavy (non-hydrogen) atoms. The molecule has 0 N–H and O–H groups in total. The third kappa shape index (κ3) is 2.60. The van der Waals surface area contributed by atoms with Crippen LogP contribution in [0.15, 0.2) is 12.2 Å². The van der Waals surface area contributed by atoms with E-state index in [4.69, 9.17) is 0 Å². The van der Waals surface area contributed by atoms with Gasteiger partial charge in [-0.25, -0.2) is 0 Å². The normalized spacial score (nSPS) is 33.7. The predicted octanol–water partition coefficient (Wildman–Crippen LogP) is 2.28. The topological polar surface area (TPSA) is 3.24 Å². The minimum absolute atomic E-state index is 0.702. The van der Waals surface area contributed by atoms with Gasteiger partial charge in [-0.15, -0.1) is 0 Å². The molecule has 0 aromatic rings. The van der Waals surface area contributed by atoms with E-state index in [1.165, 1.54) is 13.1 Å². The zero-order valence-electron chi connectivity index (χ0n) is 7.26. The highest BCUT2D eigenvalue weighted by Crippen LogP contribution is 2.22. The third-order valence-corrected chi connectivity index (χ3v) is 3.39. The van der Waals surface area contributed by atoms with Crippen LogP contribution >= 0.6 is 15.9 Å². The molecule has 0 aliphatic carbocycles. The van der Waals surface area contributed by atoms with Gasteiger partial charge in [-0.05, 0) is 12.8 Å². The summed E-state index contributed by atoms with van der Waals surface area (Å²) in [5, 5.41) is 0. The number of nitrogens with zero attached hydrogens (tertiary/aromatic N) is 1. The second kappa shape index (κ2) is 4.27. The monoisotopic (exact) mass is 217 g/mol. The second-order valence-electron chi connectivity index (χ2n) is 3.28. The standard InChI is InChI=1S/C9H16BrN/c1-3-4-5-11-6-8(2)9(10)7-11/h3-4,8-9H,5-7H2,1-2H3/b4-3+. The van der Waals surface area contributed by atoms with Crippen LogP contribution in [0.4, 0.5) is 0 Å². The van der Waals surface area contributed by atoms with Crippen molar-refractivity contribution in [1.82, 2.24) is 4.90 Å². The first-order chi connectivity index (χ1) is 5.24. The van der Waals surface area contributed by atoms with Crippen LogP contribution in [-0.4, -0.2) is 29.4 Å². The van der Waals surface area contributed by atoms with Gasteiger partial charge in [0.1, 0.15) is 0 Å². The van der Waals surface area contributed by atoms with Gasteiger partial charge in [-0.1, -0.05) is 35.0 Å². The summed E-state index contributed by atoms with van der Waals surface area (Å²) in [7, 11) is 0. The van der Waals surface area contributed by atoms with E-state index in [1.54, 1.807) is 0 Å². The van der Waals surface area contributed by atoms with E-state index >= 15 is 0 Å². The maximum Gasteiger partial charge on any atom is 0.0311 e. The third-order valence-electron chi connectivity index (χ3n) is 2.20. The van der Waals surface area contributed by atoms with Crippen molar-refractivity contribution in [2.24, 2.45) is 5.92 Å². The fourth-order valence-corrected chi connectivity index (χ4v) is 2.00. The summed E-state index contributed by atoms with van der Waals surface area (Å²) < 4.78 is 0. The fraction of sp³-hybridized carbons (Fsp3) is 0.778. The van der Waals surface area contributed by atoms with E-state index in [0.29, 0.717) is 4.83 Å². The van der Waals surface area contributed by atoms with Gasteiger partial charge in [0.25, 0.3) is 0 Å². The lowest BCUT2D eigenvalue weighted by molar-refractivity contribution is 0.364. The fourth-order valence-electron chi connectivity index (χ4n) is 1.43. The molecule has 64 valence electrons. The Labute approximate surface area is 77.6 Å². The molecule has 0 aromatic carbocycles. The molecule has 0 amide bonds. The molecule has 1 heterocycles. The average molecular weight is 218 g/mol. The molecule has 0 saturated carbocycles. The summed E-state index contributed by atoms with van der Waals surface area (Å²) in [4.78, 5) is 3.18. The summed E-state index contributed by atoms with van der Waals surface area (Å²) in [5.74, 6) is 0.806. The zero-order valence-corrected chi connectivity index (χ0v) is 8.84. The molecular formula is C9H16BrN. The molecule has 2 atom stereocenters. The van der Waals surface area contributed by atoms with Gasteiger partial charge in [0.2, 0.25) is 0 Å². The lowest BCUT2D eigenvalue weighted by atomic mass is 10.2. The van der Waals surface area contributed by atoms with E-state index in [2.05, 4.69) is 46.8 Å². The highest BCUT2D eigenvalue weighted by molar-refractivity contribution is 9.09. The van der Waals surface area contributed by atoms with Gasteiger partial charge in [-0.2, -0.15) is 0 Å². The Balaban J connectivity index is 2.29. The van der Waals surface area contributed by atoms with Crippen molar-refractivity contribution in [3.05, 3.63) is 12.2 Å². The first kappa shape index (κ1) is 9.27. The van der Waals surface area contributed by atoms with Crippen LogP contribution in [0.3, 0.4) is 0 Å². The Morgan fingerprint density at radius 3 is 2.73 bits per heavy atom. The van der Waals surface area contributed by atoms with E-state index in [0.717, 1.165) is 12.5 Å². The van der Waals surface area contributed by atoms with Gasteiger partial charge >= 0.3 is 0 Å². The first-order valence-electron chi connectivity index (χ1n) is 4.21. The van der Waals surface area contributed by atoms with Gasteiger partial charge < -0.3 is 0 Å². The molecule has 0 spiro atoms. The number of alkyl halides is 1. The van der Waals surface area contributed by atoms with Crippen molar-refractivity contribution in [2.75, 3.05) is 19.6 Å². The summed E-state index contributed by atoms with van der Waals surface area (Å²) in [6.07, 6.45) is 4.34. The lowest BCUT2D eigenvalue weighted by Gasteiger charge is -2.10. The molecule has 2 heteroatoms. The Kier molecular flexibility index (Phi) is 3.60. The molecule has 1 nitrogen and oxygen atoms in total. The lowest BCUT2D eigenvalue weighted by Crippen LogP contribution is -2.20. The first-order valence-corrected chi connectivity index (χ1v) is 5.13. The molecule has 1 aliphatic rings. The molecule has 0 radical (unpaired) electrons. The van der Waals surface area contributed by atoms with Crippen molar-refractivity contribution >= 4 is 15.9 Å². The quantitative estimate of drug-likeness (QED) is 0.507. The maximum atomic E-state index is 3.67. The highest BCUT2D eigenvalue weighted by atomic mass is 79.9. The van der Waals surface area contributed by atoms with Crippen LogP contribution < -0.4 is 0 Å². The highest BCUT2D eigenvalue weighted by Gasteiger charge is 2.25. The van der Waals surface area contributed by atoms with Crippen molar-refractivity contribution in [3.8, 4) is 0 Å². The molecule has 1 aliphatic heterocycles. The van der Waals surface area contributed by atoms with E-state index in [-0.39, 0.29) is 0 Å². The predicted molar refractivity (Wildman–Crippen MR) is 53.1 cm³/mol. The van der Waals surface area contributed by atoms with Crippen LogP contribution in [0.2, 0.25) is 0 Å². The molecule has 1 fully saturated rings. The van der Waals surface area contributed by atoms with E-state index < -0.39 is 0 Å². The van der Waals surface area contributed by atoms with Crippen LogP contribution in [0, 0.1) is 5.92 Å². The van der Waals surface area contributed by atoms with Crippen molar-refractivity contribution in [1.29, 1.82) is 0 Å². The van der Waals surface area contributed by atoms with Crippen molar-refractivity contribution < 1.29 is 0 Å². The summed E-state index contributed by atoms with van der Waals surface area (Å²) in [5.41, 5.74) is 0. The second-order valence-corrected chi connectivity index (χ2v) is 4.46. The number of hydrogen-bond donors (Lipinski definition) is 0. The Hall–Kier alpha value is 0.180. The molecule has 1 rings (SSSR count). The van der Waals surface area contributed by atoms with Gasteiger partial charge in [-0.3, -0.25) is 4.90 Å². The average Bonchev–Trinajstić information content (AvgIpc) is 2.28. The summed E-state index contributed by atoms with van der Waals surface area (Å²) >= 11 is 3.67. The number of allylic oxidation sites excluding steroid dienone is 1. The molecule has 2 unspecified atom stereocenters. The SMILES string of the molecule is C/C=C/CN1CC(C)C(Br)C1. The van der Waals surface area contributed by atoms with Gasteiger partial charge in [0, 0.05) is 24.5 Å². The van der Waals surface area contributed by atoms with Gasteiger partial charge in [0.15, 0.2) is 0 Å². The maximum absolute atomic E-state index is 3.67. The van der Waals surface area contributed by atoms with Crippen LogP contribution in [0.5, 0.6) is 0 Å². The molecule has 0 aromatic heterocycles. The van der Waals surface area contributed by atoms with Crippen LogP contribution in [0.1, 0.15) is 13.8 Å².